The number of rotatable bonds is 6. The normalized spacial score (nSPS) is 20.5. The van der Waals surface area contributed by atoms with Crippen LogP contribution in [0.5, 0.6) is 0 Å². The number of benzene rings is 2. The third kappa shape index (κ3) is 4.16. The maximum Gasteiger partial charge on any atom is 0.335 e. The van der Waals surface area contributed by atoms with Gasteiger partial charge in [0.25, 0.3) is 0 Å². The van der Waals surface area contributed by atoms with E-state index in [-0.39, 0.29) is 16.6 Å². The van der Waals surface area contributed by atoms with Crippen molar-refractivity contribution in [2.75, 3.05) is 13.2 Å². The monoisotopic (exact) mass is 441 g/mol. The van der Waals surface area contributed by atoms with E-state index >= 15 is 0 Å². The number of hydrogen-bond acceptors (Lipinski definition) is 3. The quantitative estimate of drug-likeness (QED) is 0.585. The van der Waals surface area contributed by atoms with E-state index < -0.39 is 22.8 Å². The molecule has 3 N–H and O–H groups in total. The first kappa shape index (κ1) is 21.3. The van der Waals surface area contributed by atoms with E-state index in [9.17, 15) is 19.1 Å². The van der Waals surface area contributed by atoms with E-state index in [1.807, 2.05) is 12.1 Å². The van der Waals surface area contributed by atoms with Crippen molar-refractivity contribution < 1.29 is 23.8 Å². The van der Waals surface area contributed by atoms with Crippen LogP contribution in [0.25, 0.3) is 0 Å². The van der Waals surface area contributed by atoms with Gasteiger partial charge in [0.15, 0.2) is 0 Å². The molecule has 0 bridgehead atoms. The highest BCUT2D eigenvalue weighted by Gasteiger charge is 2.38. The number of hydrogen-bond donors (Lipinski definition) is 3. The highest BCUT2D eigenvalue weighted by atomic mass is 32.2. The number of carbonyl (C=O) groups excluding carboxylic acids is 1. The zero-order chi connectivity index (χ0) is 22.1. The molecule has 0 saturated carbocycles. The zero-order valence-corrected chi connectivity index (χ0v) is 18.0. The molecule has 2 atom stereocenters. The maximum absolute atomic E-state index is 13.4. The second-order valence-electron chi connectivity index (χ2n) is 7.69. The lowest BCUT2D eigenvalue weighted by atomic mass is 9.98. The van der Waals surface area contributed by atoms with E-state index in [0.717, 1.165) is 26.5 Å². The van der Waals surface area contributed by atoms with Crippen LogP contribution >= 0.6 is 10.9 Å². The van der Waals surface area contributed by atoms with Crippen LogP contribution in [-0.2, 0) is 16.0 Å². The van der Waals surface area contributed by atoms with Crippen LogP contribution in [0.3, 0.4) is 0 Å². The average Bonchev–Trinajstić information content (AvgIpc) is 3.08. The SMILES string of the molecule is CC(c1ccc(C(=O)O)cc1)[SH]1C2=C(CCOC2)C(C(N)=O)=C1Cc1ccc(F)cc1. The van der Waals surface area contributed by atoms with Gasteiger partial charge in [-0.2, -0.15) is 10.9 Å². The highest BCUT2D eigenvalue weighted by molar-refractivity contribution is 8.24. The van der Waals surface area contributed by atoms with Gasteiger partial charge >= 0.3 is 5.97 Å². The van der Waals surface area contributed by atoms with Gasteiger partial charge in [0, 0.05) is 11.7 Å². The fraction of sp³-hybridized carbons (Fsp3) is 0.250. The van der Waals surface area contributed by atoms with Crippen molar-refractivity contribution in [2.24, 2.45) is 5.73 Å². The van der Waals surface area contributed by atoms with Gasteiger partial charge in [-0.25, -0.2) is 9.18 Å². The summed E-state index contributed by atoms with van der Waals surface area (Å²) >= 11 is 0. The molecule has 2 aliphatic heterocycles. The standard InChI is InChI=1S/C24H24FNO4S/c1-14(16-4-6-17(7-5-16)24(28)29)31-20(12-15-2-8-18(25)9-3-15)22(23(26)27)19-10-11-30-13-21(19)31/h2-9,14,31H,10-13H2,1H3,(H2,26,27)(H,28,29). The van der Waals surface area contributed by atoms with Gasteiger partial charge in [0.05, 0.1) is 24.4 Å². The number of ether oxygens (including phenoxy) is 1. The lowest BCUT2D eigenvalue weighted by Gasteiger charge is -2.32. The number of allylic oxidation sites excluding steroid dienone is 1. The van der Waals surface area contributed by atoms with Crippen LogP contribution in [-0.4, -0.2) is 30.2 Å². The number of primary amides is 1. The molecule has 0 saturated heterocycles. The summed E-state index contributed by atoms with van der Waals surface area (Å²) in [4.78, 5) is 25.8. The third-order valence-electron chi connectivity index (χ3n) is 5.81. The molecule has 31 heavy (non-hydrogen) atoms. The van der Waals surface area contributed by atoms with Gasteiger partial charge in [0.1, 0.15) is 5.82 Å². The Morgan fingerprint density at radius 2 is 1.84 bits per heavy atom. The Kier molecular flexibility index (Phi) is 5.98. The van der Waals surface area contributed by atoms with Crippen LogP contribution < -0.4 is 5.73 Å². The van der Waals surface area contributed by atoms with Gasteiger partial charge in [-0.1, -0.05) is 31.2 Å². The van der Waals surface area contributed by atoms with E-state index in [1.165, 1.54) is 12.1 Å². The molecule has 2 aromatic carbocycles. The molecule has 2 aliphatic rings. The lowest BCUT2D eigenvalue weighted by Crippen LogP contribution is -2.18. The minimum absolute atomic E-state index is 0.0387. The van der Waals surface area contributed by atoms with Crippen molar-refractivity contribution in [3.8, 4) is 0 Å². The Morgan fingerprint density at radius 3 is 2.45 bits per heavy atom. The van der Waals surface area contributed by atoms with Gasteiger partial charge < -0.3 is 15.6 Å². The summed E-state index contributed by atoms with van der Waals surface area (Å²) in [6, 6.07) is 13.2. The summed E-state index contributed by atoms with van der Waals surface area (Å²) < 4.78 is 19.2. The molecule has 162 valence electrons. The summed E-state index contributed by atoms with van der Waals surface area (Å²) in [6.07, 6.45) is 1.15. The first-order valence-corrected chi connectivity index (χ1v) is 11.5. The van der Waals surface area contributed by atoms with Crippen molar-refractivity contribution in [1.82, 2.24) is 0 Å². The number of amides is 1. The first-order valence-electron chi connectivity index (χ1n) is 10.1. The molecule has 2 aromatic rings. The molecule has 4 rings (SSSR count). The Labute approximate surface area is 182 Å². The molecule has 1 amide bonds. The van der Waals surface area contributed by atoms with Crippen LogP contribution in [0, 0.1) is 5.82 Å². The number of nitrogens with two attached hydrogens (primary N) is 1. The Morgan fingerprint density at radius 1 is 1.16 bits per heavy atom. The second kappa shape index (κ2) is 8.69. The molecule has 0 spiro atoms. The Balaban J connectivity index is 1.77. The molecule has 0 fully saturated rings. The summed E-state index contributed by atoms with van der Waals surface area (Å²) in [7, 11) is -0.939. The van der Waals surface area contributed by atoms with E-state index in [4.69, 9.17) is 10.5 Å². The smallest absolute Gasteiger partial charge is 0.335 e. The van der Waals surface area contributed by atoms with Gasteiger partial charge in [-0.3, -0.25) is 4.79 Å². The second-order valence-corrected chi connectivity index (χ2v) is 10.3. The minimum Gasteiger partial charge on any atom is -0.478 e. The van der Waals surface area contributed by atoms with Crippen molar-refractivity contribution in [3.05, 3.63) is 92.0 Å². The number of carboxylic acid groups (broad SMARTS) is 1. The number of carbonyl (C=O) groups is 2. The fourth-order valence-corrected chi connectivity index (χ4v) is 7.61. The average molecular weight is 442 g/mol. The highest BCUT2D eigenvalue weighted by Crippen LogP contribution is 2.63. The lowest BCUT2D eigenvalue weighted by molar-refractivity contribution is -0.114. The van der Waals surface area contributed by atoms with Gasteiger partial charge in [-0.05, 0) is 57.2 Å². The molecule has 0 aliphatic carbocycles. The summed E-state index contributed by atoms with van der Waals surface area (Å²) in [5, 5.41) is 9.23. The zero-order valence-electron chi connectivity index (χ0n) is 17.1. The van der Waals surface area contributed by atoms with Gasteiger partial charge in [-0.15, -0.1) is 0 Å². The van der Waals surface area contributed by atoms with Crippen LogP contribution in [0.1, 0.15) is 40.1 Å². The van der Waals surface area contributed by atoms with Crippen LogP contribution in [0.2, 0.25) is 0 Å². The predicted molar refractivity (Wildman–Crippen MR) is 120 cm³/mol. The number of halogens is 1. The number of thiol groups is 1. The summed E-state index contributed by atoms with van der Waals surface area (Å²) in [5.41, 5.74) is 9.58. The molecule has 0 radical (unpaired) electrons. The Hall–Kier alpha value is -2.90. The van der Waals surface area contributed by atoms with Crippen LogP contribution in [0.15, 0.2) is 69.5 Å². The van der Waals surface area contributed by atoms with E-state index in [1.54, 1.807) is 24.3 Å². The van der Waals surface area contributed by atoms with Gasteiger partial charge in [0.2, 0.25) is 5.91 Å². The third-order valence-corrected chi connectivity index (χ3v) is 8.83. The molecule has 0 aromatic heterocycles. The molecular formula is C24H24FNO4S. The maximum atomic E-state index is 13.4. The molecule has 2 heterocycles. The first-order chi connectivity index (χ1) is 14.9. The van der Waals surface area contributed by atoms with E-state index in [0.29, 0.717) is 31.6 Å². The molecule has 7 heteroatoms. The topological polar surface area (TPSA) is 89.6 Å². The van der Waals surface area contributed by atoms with Crippen molar-refractivity contribution in [1.29, 1.82) is 0 Å². The molecular weight excluding hydrogens is 417 g/mol. The van der Waals surface area contributed by atoms with Crippen molar-refractivity contribution in [2.45, 2.75) is 25.0 Å². The molecule has 5 nitrogen and oxygen atoms in total. The fourth-order valence-electron chi connectivity index (χ4n) is 4.30. The predicted octanol–water partition coefficient (Wildman–Crippen LogP) is 4.26. The van der Waals surface area contributed by atoms with Crippen LogP contribution in [0.4, 0.5) is 4.39 Å². The van der Waals surface area contributed by atoms with Crippen molar-refractivity contribution >= 4 is 22.8 Å². The number of aromatic carboxylic acids is 1. The van der Waals surface area contributed by atoms with Crippen molar-refractivity contribution in [3.63, 3.8) is 0 Å². The number of carboxylic acids is 1. The van der Waals surface area contributed by atoms with E-state index in [2.05, 4.69) is 6.92 Å². The summed E-state index contributed by atoms with van der Waals surface area (Å²) in [6.45, 7) is 3.10. The largest absolute Gasteiger partial charge is 0.478 e. The summed E-state index contributed by atoms with van der Waals surface area (Å²) in [5.74, 6) is -1.71. The minimum atomic E-state index is -0.968. The Bertz CT molecular complexity index is 1090. The molecule has 2 unspecified atom stereocenters.